The molecule has 4 N–H and O–H groups in total. The van der Waals surface area contributed by atoms with Gasteiger partial charge in [0.2, 0.25) is 0 Å². The van der Waals surface area contributed by atoms with Gasteiger partial charge in [-0.3, -0.25) is 14.5 Å². The van der Waals surface area contributed by atoms with Gasteiger partial charge in [-0.05, 0) is 97.7 Å². The lowest BCUT2D eigenvalue weighted by Crippen LogP contribution is -2.62. The number of amides is 1. The van der Waals surface area contributed by atoms with E-state index in [2.05, 4.69) is 22.8 Å². The van der Waals surface area contributed by atoms with Gasteiger partial charge in [0.1, 0.15) is 36.3 Å². The molecule has 4 fully saturated rings. The summed E-state index contributed by atoms with van der Waals surface area (Å²) in [6.07, 6.45) is -6.07. The van der Waals surface area contributed by atoms with E-state index in [1.165, 1.54) is 18.9 Å². The Labute approximate surface area is 440 Å². The van der Waals surface area contributed by atoms with E-state index in [9.17, 15) is 30.0 Å². The van der Waals surface area contributed by atoms with Crippen molar-refractivity contribution in [3.63, 3.8) is 0 Å². The molecule has 5 rings (SSSR count). The first-order chi connectivity index (χ1) is 34.9. The molecule has 422 valence electrons. The molecule has 0 aliphatic carbocycles. The second kappa shape index (κ2) is 26.8. The monoisotopic (exact) mass is 1050 g/mol. The molecule has 18 atom stereocenters. The number of rotatable bonds is 16. The van der Waals surface area contributed by atoms with Gasteiger partial charge in [-0.1, -0.05) is 45.9 Å². The molecule has 0 spiro atoms. The number of methoxy groups -OCH3 is 3. The standard InChI is InChI=1S/C55H92N4O15/c1-16-42-55(11,65)47(61)35(5)44(56-69-29-19-18-24-59-27-25-58(17-2)26-28-59)33(3)31-54(10,68-15)49(36(6)46(37(7)51(64)72-42)73-43-32-53(9,67-14)48(62)38(8)71-43)74-52-45(60)41(30-34(4)70-52)57(12)50(63)39-20-22-40(66-13)23-21-39/h18-23,33-38,41-43,45-49,52,60-62,65H,16-17,24-32H2,1-15H3/b19-18+,56-44+/t33-,34-,35+,36+,37-,38+,41+,42-,43+,45-,46+,47-,48+,49-,52+,53-,54+,55-/m1/s1. The number of benzene rings is 1. The number of aliphatic hydroxyl groups is 4. The molecule has 0 saturated carbocycles. The molecule has 4 aliphatic rings. The molecule has 0 unspecified atom stereocenters. The predicted octanol–water partition coefficient (Wildman–Crippen LogP) is 4.66. The van der Waals surface area contributed by atoms with Crippen molar-refractivity contribution in [2.75, 3.05) is 74.3 Å². The predicted molar refractivity (Wildman–Crippen MR) is 279 cm³/mol. The first-order valence-electron chi connectivity index (χ1n) is 26.8. The Kier molecular flexibility index (Phi) is 22.3. The van der Waals surface area contributed by atoms with Gasteiger partial charge in [0, 0.05) is 83.7 Å². The second-order valence-electron chi connectivity index (χ2n) is 21.9. The summed E-state index contributed by atoms with van der Waals surface area (Å²) in [4.78, 5) is 41.0. The topological polar surface area (TPSA) is 220 Å². The molecule has 19 nitrogen and oxygen atoms in total. The van der Waals surface area contributed by atoms with Gasteiger partial charge >= 0.3 is 5.97 Å². The number of hydrogen-bond donors (Lipinski definition) is 4. The van der Waals surface area contributed by atoms with E-state index in [1.807, 2.05) is 33.8 Å². The van der Waals surface area contributed by atoms with E-state index in [4.69, 9.17) is 47.9 Å². The zero-order valence-electron chi connectivity index (χ0n) is 47.0. The van der Waals surface area contributed by atoms with Crippen molar-refractivity contribution in [2.24, 2.45) is 28.8 Å². The maximum absolute atomic E-state index is 14.7. The Morgan fingerprint density at radius 2 is 1.49 bits per heavy atom. The Morgan fingerprint density at radius 1 is 0.851 bits per heavy atom. The van der Waals surface area contributed by atoms with Crippen LogP contribution < -0.4 is 4.74 Å². The van der Waals surface area contributed by atoms with E-state index in [0.717, 1.165) is 39.3 Å². The molecule has 1 aromatic carbocycles. The van der Waals surface area contributed by atoms with E-state index in [0.29, 0.717) is 23.4 Å². The van der Waals surface area contributed by atoms with Crippen LogP contribution in [0.4, 0.5) is 0 Å². The van der Waals surface area contributed by atoms with Crippen LogP contribution in [0.5, 0.6) is 5.75 Å². The average molecular weight is 1050 g/mol. The number of nitrogens with zero attached hydrogens (tertiary/aromatic N) is 4. The molecule has 0 aromatic heterocycles. The van der Waals surface area contributed by atoms with Crippen LogP contribution in [0.2, 0.25) is 0 Å². The van der Waals surface area contributed by atoms with Gasteiger partial charge in [-0.25, -0.2) is 0 Å². The molecule has 4 saturated heterocycles. The molecule has 1 amide bonds. The zero-order chi connectivity index (χ0) is 54.9. The normalized spacial score (nSPS) is 40.1. The highest BCUT2D eigenvalue weighted by atomic mass is 16.7. The summed E-state index contributed by atoms with van der Waals surface area (Å²) in [5.41, 5.74) is -3.55. The highest BCUT2D eigenvalue weighted by molar-refractivity contribution is 5.94. The molecular weight excluding hydrogens is 957 g/mol. The van der Waals surface area contributed by atoms with Crippen LogP contribution in [0.15, 0.2) is 41.6 Å². The van der Waals surface area contributed by atoms with Gasteiger partial charge in [-0.15, -0.1) is 0 Å². The van der Waals surface area contributed by atoms with Crippen LogP contribution >= 0.6 is 0 Å². The average Bonchev–Trinajstić information content (AvgIpc) is 3.39. The number of cyclic esters (lactones) is 1. The van der Waals surface area contributed by atoms with Crippen molar-refractivity contribution < 1.29 is 72.7 Å². The SMILES string of the molecule is CC[C@H]1OC(=O)[C@H](C)[C@@H](O[C@H]2C[C@@](C)(OC)[C@@H](O)[C@H](C)O2)[C@H](C)[C@@H](O[C@@H]2O[C@H](C)C[C@H](N(C)C(=O)c3ccc(OC)cc3)[C@H]2O)[C@@](C)(OC)C[C@@H](C)/C(=N\OC/C=C/CN2CCN(CC)CC2)[C@H](C)[C@@H](O)[C@]1(C)O. The number of ether oxygens (including phenoxy) is 8. The Morgan fingerprint density at radius 3 is 2.08 bits per heavy atom. The van der Waals surface area contributed by atoms with E-state index in [1.54, 1.807) is 80.2 Å². The summed E-state index contributed by atoms with van der Waals surface area (Å²) in [7, 11) is 6.24. The van der Waals surface area contributed by atoms with Crippen molar-refractivity contribution in [1.29, 1.82) is 0 Å². The minimum absolute atomic E-state index is 0.0870. The number of piperazine rings is 1. The Bertz CT molecular complexity index is 1990. The number of carbonyl (C=O) groups excluding carboxylic acids is 2. The summed E-state index contributed by atoms with van der Waals surface area (Å²) in [5, 5.41) is 52.7. The summed E-state index contributed by atoms with van der Waals surface area (Å²) in [6, 6.07) is 5.98. The van der Waals surface area contributed by atoms with Crippen molar-refractivity contribution in [3.8, 4) is 5.75 Å². The highest BCUT2D eigenvalue weighted by Gasteiger charge is 2.54. The minimum atomic E-state index is -1.96. The van der Waals surface area contributed by atoms with Crippen molar-refractivity contribution in [3.05, 3.63) is 42.0 Å². The minimum Gasteiger partial charge on any atom is -0.497 e. The van der Waals surface area contributed by atoms with Crippen molar-refractivity contribution in [2.45, 2.75) is 186 Å². The van der Waals surface area contributed by atoms with E-state index < -0.39 is 114 Å². The number of hydrogen-bond acceptors (Lipinski definition) is 18. The third-order valence-electron chi connectivity index (χ3n) is 16.6. The fourth-order valence-electron chi connectivity index (χ4n) is 11.5. The zero-order valence-corrected chi connectivity index (χ0v) is 47.0. The number of oxime groups is 1. The Hall–Kier alpha value is -3.31. The van der Waals surface area contributed by atoms with Crippen LogP contribution in [-0.2, 0) is 42.8 Å². The number of carbonyl (C=O) groups is 2. The van der Waals surface area contributed by atoms with Crippen LogP contribution in [-0.4, -0.2) is 211 Å². The lowest BCUT2D eigenvalue weighted by molar-refractivity contribution is -0.318. The van der Waals surface area contributed by atoms with Gasteiger partial charge in [0.25, 0.3) is 5.91 Å². The number of likely N-dealkylation sites (N-methyl/N-ethyl adjacent to an activating group) is 2. The van der Waals surface area contributed by atoms with E-state index in [-0.39, 0.29) is 31.8 Å². The largest absolute Gasteiger partial charge is 0.497 e. The first kappa shape index (κ1) is 61.5. The smallest absolute Gasteiger partial charge is 0.311 e. The van der Waals surface area contributed by atoms with Crippen LogP contribution in [0.3, 0.4) is 0 Å². The molecule has 1 aromatic rings. The second-order valence-corrected chi connectivity index (χ2v) is 21.9. The quantitative estimate of drug-likeness (QED) is 0.0766. The third-order valence-corrected chi connectivity index (χ3v) is 16.6. The fraction of sp³-hybridized carbons (Fsp3) is 0.800. The van der Waals surface area contributed by atoms with Gasteiger partial charge in [0.05, 0.1) is 66.5 Å². The highest BCUT2D eigenvalue weighted by Crippen LogP contribution is 2.42. The Balaban J connectivity index is 1.58. The molecule has 4 aliphatic heterocycles. The lowest BCUT2D eigenvalue weighted by Gasteiger charge is -2.50. The molecule has 19 heteroatoms. The van der Waals surface area contributed by atoms with Crippen LogP contribution in [0, 0.1) is 23.7 Å². The molecule has 0 bridgehead atoms. The van der Waals surface area contributed by atoms with Crippen molar-refractivity contribution in [1.82, 2.24) is 14.7 Å². The molecule has 74 heavy (non-hydrogen) atoms. The summed E-state index contributed by atoms with van der Waals surface area (Å²) >= 11 is 0. The fourth-order valence-corrected chi connectivity index (χ4v) is 11.5. The summed E-state index contributed by atoms with van der Waals surface area (Å²) < 4.78 is 50.7. The first-order valence-corrected chi connectivity index (χ1v) is 26.8. The summed E-state index contributed by atoms with van der Waals surface area (Å²) in [5.74, 6) is -3.70. The van der Waals surface area contributed by atoms with Crippen LogP contribution in [0.25, 0.3) is 0 Å². The summed E-state index contributed by atoms with van der Waals surface area (Å²) in [6.45, 7) is 25.7. The van der Waals surface area contributed by atoms with Gasteiger partial charge < -0.3 is 73.0 Å². The molecule has 0 radical (unpaired) electrons. The lowest BCUT2D eigenvalue weighted by atomic mass is 9.73. The maximum atomic E-state index is 14.7. The number of aliphatic hydroxyl groups excluding tert-OH is 3. The van der Waals surface area contributed by atoms with Crippen molar-refractivity contribution >= 4 is 17.6 Å². The number of esters is 1. The van der Waals surface area contributed by atoms with E-state index >= 15 is 0 Å². The van der Waals surface area contributed by atoms with Gasteiger partial charge in [0.15, 0.2) is 12.6 Å². The maximum Gasteiger partial charge on any atom is 0.311 e. The molecular formula is C55H92N4O15. The van der Waals surface area contributed by atoms with Gasteiger partial charge in [-0.2, -0.15) is 0 Å². The molecule has 4 heterocycles. The third kappa shape index (κ3) is 14.4. The van der Waals surface area contributed by atoms with Crippen LogP contribution in [0.1, 0.15) is 112 Å².